The summed E-state index contributed by atoms with van der Waals surface area (Å²) in [6.45, 7) is 0. The molecule has 0 radical (unpaired) electrons. The summed E-state index contributed by atoms with van der Waals surface area (Å²) in [5.41, 5.74) is 13.1. The molecule has 2 atom stereocenters. The zero-order valence-electron chi connectivity index (χ0n) is 27.4. The fourth-order valence-corrected chi connectivity index (χ4v) is 11.2. The standard InChI is InChI=1S/2C23H15O.2ClH.Ti/c2*1-2-9-19-16(6-1)7-3-10-20(19)21-11-4-8-17-14-18(15-22(17)21)23-12-5-13-24-23;;;/h2*1-15H;2*1H;/q;;;;+2/p-2. The van der Waals surface area contributed by atoms with Crippen LogP contribution in [0.1, 0.15) is 42.2 Å². The van der Waals surface area contributed by atoms with E-state index >= 15 is 0 Å². The van der Waals surface area contributed by atoms with E-state index in [2.05, 4.69) is 146 Å². The van der Waals surface area contributed by atoms with Crippen LogP contribution in [0, 0.1) is 0 Å². The average molecular weight is 734 g/mol. The molecule has 5 heteroatoms. The van der Waals surface area contributed by atoms with Gasteiger partial charge in [0.25, 0.3) is 0 Å². The van der Waals surface area contributed by atoms with E-state index in [1.54, 1.807) is 12.5 Å². The van der Waals surface area contributed by atoms with Crippen molar-refractivity contribution in [3.63, 3.8) is 0 Å². The zero-order chi connectivity index (χ0) is 32.3. The second-order valence-corrected chi connectivity index (χ2v) is 15.2. The summed E-state index contributed by atoms with van der Waals surface area (Å²) in [7, 11) is 0. The van der Waals surface area contributed by atoms with E-state index in [0.29, 0.717) is 0 Å². The second-order valence-electron chi connectivity index (χ2n) is 12.9. The van der Waals surface area contributed by atoms with E-state index < -0.39 is 19.2 Å². The normalized spacial score (nSPS) is 15.7. The van der Waals surface area contributed by atoms with Crippen molar-refractivity contribution in [2.24, 2.45) is 0 Å². The molecule has 2 heterocycles. The van der Waals surface area contributed by atoms with Crippen molar-refractivity contribution in [2.45, 2.75) is 8.45 Å². The van der Waals surface area contributed by atoms with Gasteiger partial charge in [-0.3, -0.25) is 0 Å². The molecule has 0 spiro atoms. The van der Waals surface area contributed by atoms with Crippen molar-refractivity contribution in [2.75, 3.05) is 0 Å². The quantitative estimate of drug-likeness (QED) is 0.183. The topological polar surface area (TPSA) is 26.3 Å². The van der Waals surface area contributed by atoms with Crippen LogP contribution in [-0.4, -0.2) is 0 Å². The van der Waals surface area contributed by atoms with Crippen molar-refractivity contribution in [1.82, 2.24) is 0 Å². The van der Waals surface area contributed by atoms with Crippen molar-refractivity contribution >= 4 is 44.8 Å². The molecule has 10 rings (SSSR count). The molecular formula is C46H30Cl2O2Ti. The fraction of sp³-hybridized carbons (Fsp3) is 0.0435. The Morgan fingerprint density at radius 1 is 0.392 bits per heavy atom. The summed E-state index contributed by atoms with van der Waals surface area (Å²) in [5.74, 6) is 1.92. The number of allylic oxidation sites excluding steroid dienone is 2. The molecule has 0 saturated heterocycles. The van der Waals surface area contributed by atoms with Crippen LogP contribution in [-0.2, 0) is 19.2 Å². The van der Waals surface area contributed by atoms with E-state index in [1.165, 1.54) is 77.2 Å². The Bertz CT molecular complexity index is 2410. The summed E-state index contributed by atoms with van der Waals surface area (Å²) in [5, 5.41) is 5.07. The van der Waals surface area contributed by atoms with E-state index in [4.69, 9.17) is 8.83 Å². The third-order valence-electron chi connectivity index (χ3n) is 10.2. The maximum atomic E-state index is 6.16. The molecule has 51 heavy (non-hydrogen) atoms. The Labute approximate surface area is 318 Å². The molecular weight excluding hydrogens is 703 g/mol. The molecule has 0 amide bonds. The van der Waals surface area contributed by atoms with Gasteiger partial charge in [0.2, 0.25) is 0 Å². The van der Waals surface area contributed by atoms with Gasteiger partial charge in [0.05, 0.1) is 0 Å². The molecule has 0 bridgehead atoms. The number of rotatable bonds is 6. The maximum Gasteiger partial charge on any atom is -1.00 e. The number of halogens is 2. The minimum Gasteiger partial charge on any atom is -1.00 e. The Kier molecular flexibility index (Phi) is 8.96. The fourth-order valence-electron chi connectivity index (χ4n) is 8.03. The minimum absolute atomic E-state index is 0. The molecule has 0 saturated carbocycles. The molecule has 2 aromatic heterocycles. The Morgan fingerprint density at radius 3 is 1.25 bits per heavy atom. The first-order valence-corrected chi connectivity index (χ1v) is 18.6. The van der Waals surface area contributed by atoms with Crippen molar-refractivity contribution in [3.8, 4) is 22.3 Å². The van der Waals surface area contributed by atoms with Crippen LogP contribution in [0.5, 0.6) is 0 Å². The van der Waals surface area contributed by atoms with Crippen LogP contribution < -0.4 is 24.8 Å². The van der Waals surface area contributed by atoms with Crippen LogP contribution in [0.4, 0.5) is 0 Å². The van der Waals surface area contributed by atoms with Crippen LogP contribution in [0.2, 0.25) is 0 Å². The van der Waals surface area contributed by atoms with Crippen LogP contribution in [0.15, 0.2) is 167 Å². The van der Waals surface area contributed by atoms with Crippen LogP contribution in [0.3, 0.4) is 0 Å². The molecule has 6 aromatic carbocycles. The molecule has 2 aliphatic rings. The minimum atomic E-state index is -0.742. The van der Waals surface area contributed by atoms with Gasteiger partial charge in [0.15, 0.2) is 0 Å². The number of furan rings is 2. The summed E-state index contributed by atoms with van der Waals surface area (Å²) in [4.78, 5) is 0. The molecule has 0 aliphatic heterocycles. The molecule has 0 fully saturated rings. The largest absolute Gasteiger partial charge is 1.00 e. The van der Waals surface area contributed by atoms with E-state index in [0.717, 1.165) is 11.5 Å². The van der Waals surface area contributed by atoms with Gasteiger partial charge in [0.1, 0.15) is 0 Å². The molecule has 8 aromatic rings. The van der Waals surface area contributed by atoms with Gasteiger partial charge in [-0.1, -0.05) is 0 Å². The second kappa shape index (κ2) is 13.7. The van der Waals surface area contributed by atoms with Gasteiger partial charge in [-0.15, -0.1) is 0 Å². The predicted molar refractivity (Wildman–Crippen MR) is 197 cm³/mol. The zero-order valence-corrected chi connectivity index (χ0v) is 30.5. The predicted octanol–water partition coefficient (Wildman–Crippen LogP) is 6.49. The van der Waals surface area contributed by atoms with E-state index in [1.807, 2.05) is 12.1 Å². The third-order valence-corrected chi connectivity index (χ3v) is 13.2. The van der Waals surface area contributed by atoms with Gasteiger partial charge in [-0.05, 0) is 0 Å². The van der Waals surface area contributed by atoms with Gasteiger partial charge in [-0.25, -0.2) is 0 Å². The monoisotopic (exact) mass is 732 g/mol. The third kappa shape index (κ3) is 5.55. The van der Waals surface area contributed by atoms with Crippen LogP contribution in [0.25, 0.3) is 67.1 Å². The summed E-state index contributed by atoms with van der Waals surface area (Å²) in [6.07, 6.45) is 8.44. The average Bonchev–Trinajstić information content (AvgIpc) is 3.98. The first-order valence-electron chi connectivity index (χ1n) is 16.8. The smallest absolute Gasteiger partial charge is 1.00 e. The maximum absolute atomic E-state index is 6.16. The van der Waals surface area contributed by atoms with Crippen molar-refractivity contribution < 1.29 is 52.8 Å². The van der Waals surface area contributed by atoms with Crippen molar-refractivity contribution in [3.05, 3.63) is 192 Å². The van der Waals surface area contributed by atoms with Gasteiger partial charge in [-0.2, -0.15) is 0 Å². The molecule has 2 unspecified atom stereocenters. The van der Waals surface area contributed by atoms with Gasteiger partial charge >= 0.3 is 295 Å². The van der Waals surface area contributed by atoms with Crippen molar-refractivity contribution in [1.29, 1.82) is 0 Å². The van der Waals surface area contributed by atoms with Gasteiger partial charge in [0, 0.05) is 0 Å². The number of fused-ring (bicyclic) bond motifs is 4. The molecule has 2 aliphatic carbocycles. The number of hydrogen-bond donors (Lipinski definition) is 0. The molecule has 0 N–H and O–H groups in total. The Balaban J connectivity index is 0.00000187. The number of benzene rings is 6. The first kappa shape index (κ1) is 33.3. The van der Waals surface area contributed by atoms with Gasteiger partial charge < -0.3 is 24.8 Å². The Hall–Kier alpha value is -4.83. The molecule has 244 valence electrons. The Morgan fingerprint density at radius 2 is 0.804 bits per heavy atom. The summed E-state index contributed by atoms with van der Waals surface area (Å²) in [6, 6.07) is 52.7. The summed E-state index contributed by atoms with van der Waals surface area (Å²) < 4.78 is 12.8. The molecule has 2 nitrogen and oxygen atoms in total. The SMILES string of the molecule is C1=C(c2ccco2)[CH]([Ti+2][CH]2C(c3ccco3)=Cc3c(-c4cccc5ccccc45)cccc32)c2cccc(-c3cccc4ccccc34)c21.[Cl-].[Cl-]. The van der Waals surface area contributed by atoms with E-state index in [-0.39, 0.29) is 33.3 Å². The summed E-state index contributed by atoms with van der Waals surface area (Å²) >= 11 is -0.742. The first-order chi connectivity index (χ1) is 24.3. The number of hydrogen-bond acceptors (Lipinski definition) is 2. The van der Waals surface area contributed by atoms with E-state index in [9.17, 15) is 0 Å². The van der Waals surface area contributed by atoms with Crippen LogP contribution >= 0.6 is 0 Å².